The van der Waals surface area contributed by atoms with Crippen LogP contribution < -0.4 is 21.3 Å². The lowest BCUT2D eigenvalue weighted by Gasteiger charge is -2.27. The largest absolute Gasteiger partial charge is 0.444 e. The Hall–Kier alpha value is -1.82. The normalized spacial score (nSPS) is 10.2. The molecule has 0 spiro atoms. The molecule has 0 rings (SSSR count). The first-order chi connectivity index (χ1) is 20.1. The fraction of sp³-hybridized carbons (Fsp3) is 0.731. The zero-order chi connectivity index (χ0) is 33.3. The Bertz CT molecular complexity index is 854. The van der Waals surface area contributed by atoms with E-state index in [2.05, 4.69) is 46.5 Å². The molecule has 44 heavy (non-hydrogen) atoms. The molecule has 0 aromatic rings. The minimum atomic E-state index is -0.682. The molecule has 0 bridgehead atoms. The number of carbonyl (C=O) groups excluding carboxylic acids is 7. The van der Waals surface area contributed by atoms with Gasteiger partial charge in [-0.2, -0.15) is 25.3 Å². The standard InChI is InChI=1S/C17H29N3O6S2.C9H18N2O2S2.ClH/c1-12(21)27-10-14(23)18-6-8-20(16(25)26-17(3,4)5)9-7-19-15(24)11-28-13(2)22;12-8(6-14)10-4-2-1-3-5-11-9(13)7-15;/h6-11H2,1-5H3,(H,18,23)(H,19,24);14-15H,1-7H2,(H,10,12)(H,11,13);1H. The number of nitrogens with one attached hydrogen (secondary N) is 4. The molecule has 0 atom stereocenters. The number of ether oxygens (including phenoxy) is 1. The highest BCUT2D eigenvalue weighted by Crippen LogP contribution is 2.09. The van der Waals surface area contributed by atoms with Gasteiger partial charge >= 0.3 is 6.09 Å². The maximum Gasteiger partial charge on any atom is 0.410 e. The number of carbonyl (C=O) groups is 7. The number of nitrogens with zero attached hydrogens (tertiary/aromatic N) is 1. The molecule has 0 fully saturated rings. The molecule has 13 nitrogen and oxygen atoms in total. The summed E-state index contributed by atoms with van der Waals surface area (Å²) in [6, 6.07) is 0. The number of rotatable bonds is 18. The summed E-state index contributed by atoms with van der Waals surface area (Å²) >= 11 is 9.49. The third-order valence-electron chi connectivity index (χ3n) is 4.66. The van der Waals surface area contributed by atoms with E-state index in [1.165, 1.54) is 18.7 Å². The molecule has 4 N–H and O–H groups in total. The van der Waals surface area contributed by atoms with Crippen molar-refractivity contribution in [2.24, 2.45) is 0 Å². The van der Waals surface area contributed by atoms with Crippen LogP contribution in [0.5, 0.6) is 0 Å². The Labute approximate surface area is 286 Å². The van der Waals surface area contributed by atoms with Crippen LogP contribution in [0.1, 0.15) is 53.9 Å². The van der Waals surface area contributed by atoms with E-state index < -0.39 is 11.7 Å². The smallest absolute Gasteiger partial charge is 0.410 e. The number of unbranched alkanes of at least 4 members (excludes halogenated alkanes) is 2. The third kappa shape index (κ3) is 33.1. The maximum atomic E-state index is 12.3. The van der Waals surface area contributed by atoms with Crippen molar-refractivity contribution in [3.63, 3.8) is 0 Å². The van der Waals surface area contributed by atoms with Crippen LogP contribution in [0.3, 0.4) is 0 Å². The second-order valence-corrected chi connectivity index (χ2v) is 12.7. The van der Waals surface area contributed by atoms with Crippen LogP contribution in [-0.2, 0) is 33.5 Å². The predicted octanol–water partition coefficient (Wildman–Crippen LogP) is 1.69. The maximum absolute atomic E-state index is 12.3. The molecule has 0 radical (unpaired) electrons. The lowest BCUT2D eigenvalue weighted by Crippen LogP contribution is -2.45. The van der Waals surface area contributed by atoms with Crippen molar-refractivity contribution in [3.05, 3.63) is 0 Å². The van der Waals surface area contributed by atoms with Gasteiger partial charge in [0.05, 0.1) is 23.0 Å². The lowest BCUT2D eigenvalue weighted by molar-refractivity contribution is -0.119. The van der Waals surface area contributed by atoms with E-state index in [1.807, 2.05) is 0 Å². The van der Waals surface area contributed by atoms with Crippen molar-refractivity contribution in [1.82, 2.24) is 26.2 Å². The molecule has 0 aromatic carbocycles. The molecular formula is C26H48ClN5O8S4. The van der Waals surface area contributed by atoms with Crippen LogP contribution in [0.4, 0.5) is 4.79 Å². The monoisotopic (exact) mass is 721 g/mol. The van der Waals surface area contributed by atoms with Crippen molar-refractivity contribution in [2.45, 2.75) is 59.5 Å². The van der Waals surface area contributed by atoms with Gasteiger partial charge in [-0.1, -0.05) is 23.5 Å². The number of hydrogen-bond donors (Lipinski definition) is 6. The van der Waals surface area contributed by atoms with Crippen LogP contribution in [-0.4, -0.2) is 113 Å². The fourth-order valence-corrected chi connectivity index (χ4v) is 3.81. The van der Waals surface area contributed by atoms with Crippen molar-refractivity contribution < 1.29 is 38.3 Å². The Morgan fingerprint density at radius 3 is 1.32 bits per heavy atom. The Morgan fingerprint density at radius 2 is 1.00 bits per heavy atom. The molecule has 0 saturated heterocycles. The summed E-state index contributed by atoms with van der Waals surface area (Å²) in [5.41, 5.74) is -0.682. The second kappa shape index (κ2) is 28.6. The topological polar surface area (TPSA) is 180 Å². The number of halogens is 1. The van der Waals surface area contributed by atoms with Crippen LogP contribution >= 0.6 is 61.2 Å². The van der Waals surface area contributed by atoms with Gasteiger partial charge in [-0.25, -0.2) is 4.79 Å². The predicted molar refractivity (Wildman–Crippen MR) is 185 cm³/mol. The van der Waals surface area contributed by atoms with E-state index in [0.29, 0.717) is 13.1 Å². The molecule has 0 saturated carbocycles. The first-order valence-electron chi connectivity index (χ1n) is 13.6. The van der Waals surface area contributed by atoms with Crippen molar-refractivity contribution >= 4 is 101 Å². The summed E-state index contributed by atoms with van der Waals surface area (Å²) in [6.07, 6.45) is 2.28. The van der Waals surface area contributed by atoms with Gasteiger partial charge in [-0.15, -0.1) is 12.4 Å². The molecule has 5 amide bonds. The summed E-state index contributed by atoms with van der Waals surface area (Å²) in [6.45, 7) is 10.1. The first kappa shape index (κ1) is 46.6. The zero-order valence-electron chi connectivity index (χ0n) is 26.0. The SMILES string of the molecule is CC(=O)SCC(=O)NCCN(CCNC(=O)CSC(C)=O)C(=O)OC(C)(C)C.Cl.O=C(CS)NCCCCCNC(=O)CS. The summed E-state index contributed by atoms with van der Waals surface area (Å²) in [5, 5.41) is 10.4. The molecule has 0 aliphatic heterocycles. The Morgan fingerprint density at radius 1 is 0.636 bits per heavy atom. The van der Waals surface area contributed by atoms with Gasteiger partial charge < -0.3 is 30.9 Å². The fourth-order valence-electron chi connectivity index (χ4n) is 2.71. The van der Waals surface area contributed by atoms with Crippen LogP contribution in [0.15, 0.2) is 0 Å². The summed E-state index contributed by atoms with van der Waals surface area (Å²) in [7, 11) is 0. The van der Waals surface area contributed by atoms with Gasteiger partial charge in [-0.3, -0.25) is 28.8 Å². The van der Waals surface area contributed by atoms with E-state index >= 15 is 0 Å². The van der Waals surface area contributed by atoms with E-state index in [9.17, 15) is 33.6 Å². The van der Waals surface area contributed by atoms with Crippen molar-refractivity contribution in [1.29, 1.82) is 0 Å². The number of amides is 5. The van der Waals surface area contributed by atoms with Gasteiger partial charge in [0.2, 0.25) is 23.6 Å². The van der Waals surface area contributed by atoms with E-state index in [1.54, 1.807) is 20.8 Å². The lowest BCUT2D eigenvalue weighted by atomic mass is 10.2. The Kier molecular flexibility index (Phi) is 30.3. The highest BCUT2D eigenvalue weighted by molar-refractivity contribution is 8.14. The summed E-state index contributed by atoms with van der Waals surface area (Å²) in [5.74, 6) is -0.186. The van der Waals surface area contributed by atoms with Crippen LogP contribution in [0, 0.1) is 0 Å². The number of thiol groups is 2. The van der Waals surface area contributed by atoms with Crippen LogP contribution in [0.25, 0.3) is 0 Å². The summed E-state index contributed by atoms with van der Waals surface area (Å²) in [4.78, 5) is 80.3. The van der Waals surface area contributed by atoms with Gasteiger partial charge in [-0.05, 0) is 40.0 Å². The molecule has 0 aliphatic carbocycles. The minimum Gasteiger partial charge on any atom is -0.444 e. The average molecular weight is 722 g/mol. The van der Waals surface area contributed by atoms with Crippen molar-refractivity contribution in [2.75, 3.05) is 62.3 Å². The van der Waals surface area contributed by atoms with Crippen LogP contribution in [0.2, 0.25) is 0 Å². The second-order valence-electron chi connectivity index (χ2n) is 9.80. The number of hydrogen-bond acceptors (Lipinski definition) is 12. The molecule has 18 heteroatoms. The minimum absolute atomic E-state index is 0. The van der Waals surface area contributed by atoms with Gasteiger partial charge in [0, 0.05) is 53.1 Å². The average Bonchev–Trinajstić information content (AvgIpc) is 2.92. The number of thioether (sulfide) groups is 2. The van der Waals surface area contributed by atoms with Gasteiger partial charge in [0.15, 0.2) is 10.2 Å². The summed E-state index contributed by atoms with van der Waals surface area (Å²) < 4.78 is 5.34. The highest BCUT2D eigenvalue weighted by atomic mass is 35.5. The molecule has 0 aliphatic rings. The molecule has 256 valence electrons. The highest BCUT2D eigenvalue weighted by Gasteiger charge is 2.22. The Balaban J connectivity index is -0.000000890. The third-order valence-corrected chi connectivity index (χ3v) is 6.86. The van der Waals surface area contributed by atoms with E-state index in [4.69, 9.17) is 4.74 Å². The molecular weight excluding hydrogens is 674 g/mol. The van der Waals surface area contributed by atoms with Gasteiger partial charge in [0.25, 0.3) is 0 Å². The van der Waals surface area contributed by atoms with Gasteiger partial charge in [0.1, 0.15) is 5.60 Å². The quantitative estimate of drug-likeness (QED) is 0.0901. The van der Waals surface area contributed by atoms with E-state index in [0.717, 1.165) is 42.8 Å². The first-order valence-corrected chi connectivity index (χ1v) is 16.9. The van der Waals surface area contributed by atoms with E-state index in [-0.39, 0.29) is 95.5 Å². The molecule has 0 heterocycles. The molecule has 0 unspecified atom stereocenters. The zero-order valence-corrected chi connectivity index (χ0v) is 30.3. The molecule has 0 aromatic heterocycles. The van der Waals surface area contributed by atoms with Crippen molar-refractivity contribution in [3.8, 4) is 0 Å².